The molecule has 2 aliphatic rings. The van der Waals surface area contributed by atoms with Crippen molar-refractivity contribution in [2.75, 3.05) is 57.3 Å². The normalized spacial score (nSPS) is 17.9. The van der Waals surface area contributed by atoms with Gasteiger partial charge >= 0.3 is 0 Å². The Kier molecular flexibility index (Phi) is 7.52. The van der Waals surface area contributed by atoms with Crippen LogP contribution in [0.1, 0.15) is 35.4 Å². The van der Waals surface area contributed by atoms with Gasteiger partial charge in [-0.3, -0.25) is 4.79 Å². The van der Waals surface area contributed by atoms with E-state index in [2.05, 4.69) is 34.1 Å². The summed E-state index contributed by atoms with van der Waals surface area (Å²) in [4.78, 5) is 20.1. The third-order valence-corrected chi connectivity index (χ3v) is 7.11. The number of anilines is 1. The number of nitrogens with zero attached hydrogens (tertiary/aromatic N) is 3. The van der Waals surface area contributed by atoms with Gasteiger partial charge in [-0.25, -0.2) is 0 Å². The summed E-state index contributed by atoms with van der Waals surface area (Å²) in [7, 11) is 0. The average Bonchev–Trinajstić information content (AvgIpc) is 3.24. The number of carbonyl (C=O) groups is 1. The first-order chi connectivity index (χ1) is 14.7. The SMILES string of the molecule is O=C(c1ccc(Cl)s1)N1CCN(c2ccc(OCCCN3CCCCC3)cc2)CC1. The second kappa shape index (κ2) is 10.5. The van der Waals surface area contributed by atoms with Crippen LogP contribution in [0.5, 0.6) is 5.75 Å². The van der Waals surface area contributed by atoms with Crippen molar-refractivity contribution in [3.05, 3.63) is 45.6 Å². The molecular weight excluding hydrogens is 418 g/mol. The van der Waals surface area contributed by atoms with E-state index in [9.17, 15) is 4.79 Å². The molecule has 4 rings (SSSR count). The van der Waals surface area contributed by atoms with Gasteiger partial charge in [0.15, 0.2) is 0 Å². The summed E-state index contributed by atoms with van der Waals surface area (Å²) in [6.07, 6.45) is 5.14. The highest BCUT2D eigenvalue weighted by Gasteiger charge is 2.23. The Labute approximate surface area is 188 Å². The fourth-order valence-electron chi connectivity index (χ4n) is 4.17. The molecule has 0 unspecified atom stereocenters. The smallest absolute Gasteiger partial charge is 0.264 e. The van der Waals surface area contributed by atoms with Crippen LogP contribution in [-0.4, -0.2) is 68.1 Å². The molecule has 5 nitrogen and oxygen atoms in total. The highest BCUT2D eigenvalue weighted by atomic mass is 35.5. The van der Waals surface area contributed by atoms with Crippen molar-refractivity contribution in [3.63, 3.8) is 0 Å². The molecule has 2 saturated heterocycles. The molecule has 0 atom stereocenters. The zero-order valence-electron chi connectivity index (χ0n) is 17.4. The summed E-state index contributed by atoms with van der Waals surface area (Å²) >= 11 is 7.31. The number of benzene rings is 1. The third kappa shape index (κ3) is 5.68. The number of hydrogen-bond donors (Lipinski definition) is 0. The molecule has 0 radical (unpaired) electrons. The number of amides is 1. The van der Waals surface area contributed by atoms with E-state index in [1.807, 2.05) is 11.0 Å². The Bertz CT molecular complexity index is 812. The number of thiophene rings is 1. The van der Waals surface area contributed by atoms with Crippen LogP contribution in [0.25, 0.3) is 0 Å². The molecule has 30 heavy (non-hydrogen) atoms. The zero-order valence-corrected chi connectivity index (χ0v) is 19.0. The van der Waals surface area contributed by atoms with Crippen molar-refractivity contribution < 1.29 is 9.53 Å². The lowest BCUT2D eigenvalue weighted by atomic mass is 10.1. The number of halogens is 1. The number of hydrogen-bond acceptors (Lipinski definition) is 5. The summed E-state index contributed by atoms with van der Waals surface area (Å²) in [5.74, 6) is 1.01. The van der Waals surface area contributed by atoms with E-state index >= 15 is 0 Å². The Morgan fingerprint density at radius 2 is 1.67 bits per heavy atom. The second-order valence-corrected chi connectivity index (χ2v) is 9.70. The second-order valence-electron chi connectivity index (χ2n) is 7.98. The third-order valence-electron chi connectivity index (χ3n) is 5.89. The molecule has 2 aliphatic heterocycles. The maximum absolute atomic E-state index is 12.6. The van der Waals surface area contributed by atoms with Crippen LogP contribution < -0.4 is 9.64 Å². The van der Waals surface area contributed by atoms with Gasteiger partial charge in [-0.2, -0.15) is 0 Å². The first-order valence-corrected chi connectivity index (χ1v) is 12.1. The first kappa shape index (κ1) is 21.5. The number of likely N-dealkylation sites (tertiary alicyclic amines) is 1. The van der Waals surface area contributed by atoms with Gasteiger partial charge < -0.3 is 19.4 Å². The van der Waals surface area contributed by atoms with Crippen molar-refractivity contribution >= 4 is 34.5 Å². The largest absolute Gasteiger partial charge is 0.494 e. The summed E-state index contributed by atoms with van der Waals surface area (Å²) in [5.41, 5.74) is 1.18. The molecule has 0 bridgehead atoms. The van der Waals surface area contributed by atoms with Crippen LogP contribution in [0.15, 0.2) is 36.4 Å². The minimum absolute atomic E-state index is 0.0832. The van der Waals surface area contributed by atoms with Crippen molar-refractivity contribution in [1.82, 2.24) is 9.80 Å². The van der Waals surface area contributed by atoms with Crippen molar-refractivity contribution in [1.29, 1.82) is 0 Å². The molecule has 0 N–H and O–H groups in total. The van der Waals surface area contributed by atoms with Gasteiger partial charge in [0, 0.05) is 38.4 Å². The van der Waals surface area contributed by atoms with Crippen LogP contribution in [0.2, 0.25) is 4.34 Å². The molecule has 0 aliphatic carbocycles. The molecule has 1 amide bonds. The van der Waals surface area contributed by atoms with Gasteiger partial charge in [0.25, 0.3) is 5.91 Å². The minimum atomic E-state index is 0.0832. The summed E-state index contributed by atoms with van der Waals surface area (Å²) in [6.45, 7) is 7.51. The predicted molar refractivity (Wildman–Crippen MR) is 124 cm³/mol. The summed E-state index contributed by atoms with van der Waals surface area (Å²) in [5, 5.41) is 0. The lowest BCUT2D eigenvalue weighted by Gasteiger charge is -2.36. The number of ether oxygens (including phenoxy) is 1. The minimum Gasteiger partial charge on any atom is -0.494 e. The van der Waals surface area contributed by atoms with E-state index < -0.39 is 0 Å². The van der Waals surface area contributed by atoms with Gasteiger partial charge in [0.2, 0.25) is 0 Å². The van der Waals surface area contributed by atoms with E-state index in [1.165, 1.54) is 49.4 Å². The molecule has 0 saturated carbocycles. The molecule has 1 aromatic heterocycles. The molecule has 0 spiro atoms. The molecule has 3 heterocycles. The zero-order chi connectivity index (χ0) is 20.8. The average molecular weight is 448 g/mol. The first-order valence-electron chi connectivity index (χ1n) is 10.9. The monoisotopic (exact) mass is 447 g/mol. The van der Waals surface area contributed by atoms with Crippen molar-refractivity contribution in [2.45, 2.75) is 25.7 Å². The van der Waals surface area contributed by atoms with Crippen molar-refractivity contribution in [2.24, 2.45) is 0 Å². The molecule has 7 heteroatoms. The van der Waals surface area contributed by atoms with Crippen LogP contribution >= 0.6 is 22.9 Å². The molecule has 162 valence electrons. The molecule has 1 aromatic carbocycles. The highest BCUT2D eigenvalue weighted by molar-refractivity contribution is 7.17. The predicted octanol–water partition coefficient (Wildman–Crippen LogP) is 4.62. The molecule has 2 fully saturated rings. The number of piperidine rings is 1. The van der Waals surface area contributed by atoms with E-state index in [-0.39, 0.29) is 5.91 Å². The van der Waals surface area contributed by atoms with Crippen molar-refractivity contribution in [3.8, 4) is 5.75 Å². The fraction of sp³-hybridized carbons (Fsp3) is 0.522. The standard InChI is InChI=1S/C23H30ClN3O2S/c24-22-10-9-21(30-22)23(28)27-16-14-26(15-17-27)19-5-7-20(8-6-19)29-18-4-13-25-11-2-1-3-12-25/h5-10H,1-4,11-18H2. The van der Waals surface area contributed by atoms with Crippen LogP contribution in [0.3, 0.4) is 0 Å². The van der Waals surface area contributed by atoms with E-state index in [0.29, 0.717) is 4.34 Å². The van der Waals surface area contributed by atoms with Gasteiger partial charge in [-0.05, 0) is 68.8 Å². The van der Waals surface area contributed by atoms with E-state index in [4.69, 9.17) is 16.3 Å². The summed E-state index contributed by atoms with van der Waals surface area (Å²) < 4.78 is 6.59. The lowest BCUT2D eigenvalue weighted by Crippen LogP contribution is -2.48. The Morgan fingerprint density at radius 1 is 0.933 bits per heavy atom. The van der Waals surface area contributed by atoms with Gasteiger partial charge in [-0.15, -0.1) is 11.3 Å². The lowest BCUT2D eigenvalue weighted by molar-refractivity contribution is 0.0751. The molecule has 2 aromatic rings. The topological polar surface area (TPSA) is 36.0 Å². The Morgan fingerprint density at radius 3 is 2.33 bits per heavy atom. The van der Waals surface area contributed by atoms with Crippen LogP contribution in [-0.2, 0) is 0 Å². The number of rotatable bonds is 7. The van der Waals surface area contributed by atoms with Gasteiger partial charge in [-0.1, -0.05) is 18.0 Å². The summed E-state index contributed by atoms with van der Waals surface area (Å²) in [6, 6.07) is 12.0. The van der Waals surface area contributed by atoms with Gasteiger partial charge in [0.1, 0.15) is 5.75 Å². The number of piperazine rings is 1. The van der Waals surface area contributed by atoms with E-state index in [1.54, 1.807) is 6.07 Å². The van der Waals surface area contributed by atoms with Gasteiger partial charge in [0.05, 0.1) is 15.8 Å². The van der Waals surface area contributed by atoms with Crippen LogP contribution in [0, 0.1) is 0 Å². The Hall–Kier alpha value is -1.76. The molecular formula is C23H30ClN3O2S. The number of carbonyl (C=O) groups excluding carboxylic acids is 1. The fourth-order valence-corrected chi connectivity index (χ4v) is 5.18. The maximum atomic E-state index is 12.6. The van der Waals surface area contributed by atoms with Crippen LogP contribution in [0.4, 0.5) is 5.69 Å². The quantitative estimate of drug-likeness (QED) is 0.580. The highest BCUT2D eigenvalue weighted by Crippen LogP contribution is 2.25. The Balaban J connectivity index is 1.19. The van der Waals surface area contributed by atoms with E-state index in [0.717, 1.165) is 56.4 Å². The maximum Gasteiger partial charge on any atom is 0.264 e.